The van der Waals surface area contributed by atoms with Gasteiger partial charge in [-0.05, 0) is 94.6 Å². The Bertz CT molecular complexity index is 920. The third-order valence-corrected chi connectivity index (χ3v) is 9.10. The Kier molecular flexibility index (Phi) is 8.29. The van der Waals surface area contributed by atoms with Gasteiger partial charge in [-0.2, -0.15) is 0 Å². The molecule has 0 radical (unpaired) electrons. The summed E-state index contributed by atoms with van der Waals surface area (Å²) in [5.74, 6) is 1.30. The number of hydrogen-bond donors (Lipinski definition) is 3. The molecule has 8 nitrogen and oxygen atoms in total. The summed E-state index contributed by atoms with van der Waals surface area (Å²) < 4.78 is 3.39. The quantitative estimate of drug-likeness (QED) is 0.224. The molecule has 3 fully saturated rings. The van der Waals surface area contributed by atoms with E-state index in [1.807, 2.05) is 13.0 Å². The van der Waals surface area contributed by atoms with Crippen LogP contribution in [0.1, 0.15) is 71.3 Å². The number of nitrogens with zero attached hydrogens (tertiary/aromatic N) is 1. The van der Waals surface area contributed by atoms with Crippen LogP contribution in [-0.2, 0) is 9.59 Å². The second kappa shape index (κ2) is 10.6. The van der Waals surface area contributed by atoms with Gasteiger partial charge in [-0.25, -0.2) is 0 Å². The molecule has 0 aliphatic heterocycles. The average Bonchev–Trinajstić information content (AvgIpc) is 2.74. The molecule has 3 aliphatic carbocycles. The van der Waals surface area contributed by atoms with Crippen molar-refractivity contribution in [2.45, 2.75) is 89.1 Å². The van der Waals surface area contributed by atoms with Crippen molar-refractivity contribution in [3.63, 3.8) is 0 Å². The van der Waals surface area contributed by atoms with E-state index in [0.29, 0.717) is 23.3 Å². The first-order valence-corrected chi connectivity index (χ1v) is 13.0. The Morgan fingerprint density at radius 1 is 1.26 bits per heavy atom. The summed E-state index contributed by atoms with van der Waals surface area (Å²) in [6.45, 7) is 8.11. The van der Waals surface area contributed by atoms with Gasteiger partial charge in [0, 0.05) is 33.5 Å². The molecule has 3 saturated carbocycles. The molecule has 188 valence electrons. The predicted octanol–water partition coefficient (Wildman–Crippen LogP) is 4.49. The number of amides is 2. The average molecular weight is 491 g/mol. The van der Waals surface area contributed by atoms with E-state index in [1.54, 1.807) is 19.1 Å². The summed E-state index contributed by atoms with van der Waals surface area (Å²) in [5.41, 5.74) is 6.24. The lowest BCUT2D eigenvalue weighted by Crippen LogP contribution is -2.53. The largest absolute Gasteiger partial charge is 0.369 e. The summed E-state index contributed by atoms with van der Waals surface area (Å²) in [7, 11) is 0. The molecule has 5 atom stereocenters. The molecule has 0 spiro atoms. The second-order valence-corrected chi connectivity index (χ2v) is 11.9. The van der Waals surface area contributed by atoms with Crippen LogP contribution in [0.5, 0.6) is 0 Å². The van der Waals surface area contributed by atoms with Crippen LogP contribution < -0.4 is 15.8 Å². The zero-order valence-corrected chi connectivity index (χ0v) is 21.5. The van der Waals surface area contributed by atoms with Crippen molar-refractivity contribution >= 4 is 30.0 Å². The molecule has 0 heterocycles. The minimum atomic E-state index is -0.378. The van der Waals surface area contributed by atoms with Crippen LogP contribution in [0.2, 0.25) is 0 Å². The maximum atomic E-state index is 11.6. The highest BCUT2D eigenvalue weighted by molar-refractivity contribution is 7.97. The van der Waals surface area contributed by atoms with Gasteiger partial charge in [-0.15, -0.1) is 0 Å². The van der Waals surface area contributed by atoms with Crippen molar-refractivity contribution in [2.24, 2.45) is 28.9 Å². The number of carbonyl (C=O) groups is 2. The van der Waals surface area contributed by atoms with Crippen LogP contribution in [-0.4, -0.2) is 28.8 Å². The van der Waals surface area contributed by atoms with Crippen molar-refractivity contribution in [1.29, 1.82) is 0 Å². The van der Waals surface area contributed by atoms with E-state index >= 15 is 0 Å². The third kappa shape index (κ3) is 6.10. The van der Waals surface area contributed by atoms with Gasteiger partial charge in [-0.1, -0.05) is 19.9 Å². The van der Waals surface area contributed by atoms with Gasteiger partial charge < -0.3 is 11.1 Å². The fourth-order valence-corrected chi connectivity index (χ4v) is 6.78. The second-order valence-electron chi connectivity index (χ2n) is 11.0. The summed E-state index contributed by atoms with van der Waals surface area (Å²) >= 11 is 1.49. The van der Waals surface area contributed by atoms with E-state index < -0.39 is 0 Å². The highest BCUT2D eigenvalue weighted by Crippen LogP contribution is 2.50. The Morgan fingerprint density at radius 3 is 2.53 bits per heavy atom. The number of rotatable bonds is 7. The topological polar surface area (TPSA) is 127 Å². The number of aryl methyl sites for hydroxylation is 1. The highest BCUT2D eigenvalue weighted by Gasteiger charge is 2.48. The van der Waals surface area contributed by atoms with Gasteiger partial charge in [-0.3, -0.25) is 24.4 Å². The maximum absolute atomic E-state index is 11.6. The molecule has 0 aromatic heterocycles. The van der Waals surface area contributed by atoms with Crippen LogP contribution in [0.3, 0.4) is 0 Å². The summed E-state index contributed by atoms with van der Waals surface area (Å²) in [6.07, 6.45) is 8.34. The number of nitro groups is 1. The van der Waals surface area contributed by atoms with Crippen molar-refractivity contribution in [1.82, 2.24) is 10.0 Å². The summed E-state index contributed by atoms with van der Waals surface area (Å²) in [6, 6.07) is 5.56. The fraction of sp³-hybridized carbons (Fsp3) is 0.680. The molecule has 1 aromatic carbocycles. The zero-order valence-electron chi connectivity index (χ0n) is 20.6. The van der Waals surface area contributed by atoms with Gasteiger partial charge in [0.1, 0.15) is 0 Å². The first-order chi connectivity index (χ1) is 16.0. The Labute approximate surface area is 206 Å². The van der Waals surface area contributed by atoms with E-state index in [2.05, 4.69) is 23.9 Å². The number of benzene rings is 1. The van der Waals surface area contributed by atoms with Crippen LogP contribution >= 0.6 is 11.9 Å². The molecule has 34 heavy (non-hydrogen) atoms. The molecule has 2 amide bonds. The number of fused-ring (bicyclic) bond motifs is 2. The lowest BCUT2D eigenvalue weighted by molar-refractivity contribution is -0.385. The molecule has 5 unspecified atom stereocenters. The fourth-order valence-electron chi connectivity index (χ4n) is 5.90. The first kappa shape index (κ1) is 26.5. The van der Waals surface area contributed by atoms with E-state index in [4.69, 9.17) is 5.73 Å². The van der Waals surface area contributed by atoms with Crippen molar-refractivity contribution in [3.05, 3.63) is 33.9 Å². The van der Waals surface area contributed by atoms with Crippen LogP contribution in [0.25, 0.3) is 0 Å². The van der Waals surface area contributed by atoms with Gasteiger partial charge in [0.05, 0.1) is 4.92 Å². The number of primary amides is 1. The number of nitrogens with two attached hydrogens (primary N) is 1. The van der Waals surface area contributed by atoms with Crippen LogP contribution in [0.15, 0.2) is 23.1 Å². The maximum Gasteiger partial charge on any atom is 0.273 e. The standard InChI is InChI=1S/C13H22N2O2.C12H16N2O2S/c1-8-3-9-4-10(11(8)15-7-16)6-13(2,5-9)12(14)17;1-9-4-5-10(8-11(9)14(15)16)17-13-12(2)6-3-7-12/h7-11H,3-6H2,1-2H3,(H2,14,17)(H,15,16);4-5,8,13H,3,6-7H2,1-2H3. The lowest BCUT2D eigenvalue weighted by atomic mass is 9.57. The molecular weight excluding hydrogens is 452 g/mol. The van der Waals surface area contributed by atoms with Crippen LogP contribution in [0.4, 0.5) is 5.69 Å². The monoisotopic (exact) mass is 490 g/mol. The van der Waals surface area contributed by atoms with E-state index in [9.17, 15) is 19.7 Å². The Hall–Kier alpha value is -2.13. The summed E-state index contributed by atoms with van der Waals surface area (Å²) in [5, 5.41) is 13.8. The van der Waals surface area contributed by atoms with Gasteiger partial charge >= 0.3 is 0 Å². The predicted molar refractivity (Wildman–Crippen MR) is 134 cm³/mol. The number of carbonyl (C=O) groups excluding carboxylic acids is 2. The number of nitrogens with one attached hydrogen (secondary N) is 2. The lowest BCUT2D eigenvalue weighted by Gasteiger charge is -2.49. The van der Waals surface area contributed by atoms with Gasteiger partial charge in [0.15, 0.2) is 0 Å². The number of nitro benzene ring substituents is 1. The normalized spacial score (nSPS) is 31.3. The van der Waals surface area contributed by atoms with Gasteiger partial charge in [0.25, 0.3) is 5.69 Å². The van der Waals surface area contributed by atoms with E-state index in [-0.39, 0.29) is 33.5 Å². The van der Waals surface area contributed by atoms with Gasteiger partial charge in [0.2, 0.25) is 12.3 Å². The van der Waals surface area contributed by atoms with Crippen molar-refractivity contribution in [3.8, 4) is 0 Å². The SMILES string of the molecule is CC1CC2CC(CC(C)(C(N)=O)C2)C1NC=O.Cc1ccc(SNC2(C)CCC2)cc1[N+](=O)[O-]. The highest BCUT2D eigenvalue weighted by atomic mass is 32.2. The molecule has 4 N–H and O–H groups in total. The Morgan fingerprint density at radius 2 is 1.97 bits per heavy atom. The molecule has 1 aromatic rings. The third-order valence-electron chi connectivity index (χ3n) is 8.02. The molecule has 0 saturated heterocycles. The minimum absolute atomic E-state index is 0.188. The molecular formula is C25H38N4O4S. The molecule has 9 heteroatoms. The summed E-state index contributed by atoms with van der Waals surface area (Å²) in [4.78, 5) is 33.6. The van der Waals surface area contributed by atoms with Crippen LogP contribution in [0, 0.1) is 40.2 Å². The van der Waals surface area contributed by atoms with E-state index in [0.717, 1.165) is 37.0 Å². The van der Waals surface area contributed by atoms with Crippen molar-refractivity contribution in [2.75, 3.05) is 0 Å². The van der Waals surface area contributed by atoms with Crippen molar-refractivity contribution < 1.29 is 14.5 Å². The number of hydrogen-bond acceptors (Lipinski definition) is 6. The van der Waals surface area contributed by atoms with E-state index in [1.165, 1.54) is 31.2 Å². The minimum Gasteiger partial charge on any atom is -0.369 e. The first-order valence-electron chi connectivity index (χ1n) is 12.1. The smallest absolute Gasteiger partial charge is 0.273 e. The zero-order chi connectivity index (χ0) is 25.1. The molecule has 4 rings (SSSR count). The molecule has 2 bridgehead atoms. The molecule has 3 aliphatic rings. The Balaban J connectivity index is 0.000000191.